The first-order valence-electron chi connectivity index (χ1n) is 7.61. The minimum Gasteiger partial charge on any atom is -0.326 e. The smallest absolute Gasteiger partial charge is 0.0304 e. The van der Waals surface area contributed by atoms with Crippen LogP contribution in [0.25, 0.3) is 0 Å². The monoisotopic (exact) mass is 238 g/mol. The highest BCUT2D eigenvalue weighted by molar-refractivity contribution is 4.94. The molecule has 0 aromatic carbocycles. The van der Waals surface area contributed by atoms with E-state index in [-0.39, 0.29) is 5.54 Å². The molecule has 2 aliphatic rings. The van der Waals surface area contributed by atoms with Crippen LogP contribution in [0.3, 0.4) is 0 Å². The fourth-order valence-corrected chi connectivity index (χ4v) is 3.26. The van der Waals surface area contributed by atoms with E-state index in [0.717, 1.165) is 5.92 Å². The molecule has 2 heteroatoms. The summed E-state index contributed by atoms with van der Waals surface area (Å²) in [5, 5.41) is 0. The highest BCUT2D eigenvalue weighted by Crippen LogP contribution is 2.34. The lowest BCUT2D eigenvalue weighted by molar-refractivity contribution is 0.0810. The Hall–Kier alpha value is -0.0800. The van der Waals surface area contributed by atoms with Crippen molar-refractivity contribution in [1.82, 2.24) is 4.90 Å². The first-order valence-corrected chi connectivity index (χ1v) is 7.61. The van der Waals surface area contributed by atoms with Crippen molar-refractivity contribution in [2.75, 3.05) is 13.1 Å². The van der Waals surface area contributed by atoms with Crippen molar-refractivity contribution in [3.8, 4) is 0 Å². The zero-order valence-electron chi connectivity index (χ0n) is 11.8. The summed E-state index contributed by atoms with van der Waals surface area (Å²) in [4.78, 5) is 2.66. The van der Waals surface area contributed by atoms with Crippen LogP contribution in [-0.2, 0) is 0 Å². The number of rotatable bonds is 4. The lowest BCUT2D eigenvalue weighted by Gasteiger charge is -2.44. The molecule has 0 spiro atoms. The van der Waals surface area contributed by atoms with E-state index in [9.17, 15) is 0 Å². The van der Waals surface area contributed by atoms with Crippen molar-refractivity contribution in [1.29, 1.82) is 0 Å². The molecule has 17 heavy (non-hydrogen) atoms. The van der Waals surface area contributed by atoms with Gasteiger partial charge in [-0.2, -0.15) is 0 Å². The normalized spacial score (nSPS) is 26.3. The van der Waals surface area contributed by atoms with Crippen LogP contribution in [0, 0.1) is 5.92 Å². The van der Waals surface area contributed by atoms with Gasteiger partial charge in [-0.15, -0.1) is 0 Å². The maximum atomic E-state index is 6.50. The Morgan fingerprint density at radius 3 is 2.12 bits per heavy atom. The third kappa shape index (κ3) is 3.23. The Bertz CT molecular complexity index is 225. The van der Waals surface area contributed by atoms with Crippen LogP contribution in [0.1, 0.15) is 65.2 Å². The molecule has 0 radical (unpaired) electrons. The molecule has 1 aliphatic heterocycles. The van der Waals surface area contributed by atoms with Gasteiger partial charge in [0.2, 0.25) is 0 Å². The summed E-state index contributed by atoms with van der Waals surface area (Å²) in [6.07, 6.45) is 11.0. The average molecular weight is 238 g/mol. The summed E-state index contributed by atoms with van der Waals surface area (Å²) < 4.78 is 0. The first kappa shape index (κ1) is 13.4. The van der Waals surface area contributed by atoms with Crippen LogP contribution in [0.15, 0.2) is 0 Å². The van der Waals surface area contributed by atoms with Gasteiger partial charge < -0.3 is 5.73 Å². The van der Waals surface area contributed by atoms with Gasteiger partial charge in [0.05, 0.1) is 0 Å². The second kappa shape index (κ2) is 5.71. The van der Waals surface area contributed by atoms with E-state index < -0.39 is 0 Å². The molecule has 1 saturated carbocycles. The summed E-state index contributed by atoms with van der Waals surface area (Å²) in [5.41, 5.74) is 6.70. The van der Waals surface area contributed by atoms with Crippen LogP contribution in [0.2, 0.25) is 0 Å². The van der Waals surface area contributed by atoms with E-state index in [1.54, 1.807) is 0 Å². The van der Waals surface area contributed by atoms with Crippen molar-refractivity contribution < 1.29 is 0 Å². The molecule has 0 amide bonds. The van der Waals surface area contributed by atoms with Gasteiger partial charge in [0, 0.05) is 11.6 Å². The van der Waals surface area contributed by atoms with Gasteiger partial charge in [0.25, 0.3) is 0 Å². The molecule has 1 unspecified atom stereocenters. The molecule has 0 bridgehead atoms. The molecule has 2 fully saturated rings. The molecular formula is C15H30N2. The second-order valence-electron chi connectivity index (χ2n) is 6.69. The summed E-state index contributed by atoms with van der Waals surface area (Å²) in [6, 6.07) is 0.353. The van der Waals surface area contributed by atoms with E-state index >= 15 is 0 Å². The summed E-state index contributed by atoms with van der Waals surface area (Å²) in [7, 11) is 0. The maximum Gasteiger partial charge on any atom is 0.0304 e. The molecule has 1 heterocycles. The minimum atomic E-state index is 0.194. The van der Waals surface area contributed by atoms with E-state index in [0.29, 0.717) is 6.04 Å². The van der Waals surface area contributed by atoms with Crippen LogP contribution >= 0.6 is 0 Å². The molecule has 2 nitrogen and oxygen atoms in total. The van der Waals surface area contributed by atoms with E-state index in [2.05, 4.69) is 18.7 Å². The summed E-state index contributed by atoms with van der Waals surface area (Å²) in [6.45, 7) is 7.24. The van der Waals surface area contributed by atoms with Gasteiger partial charge in [-0.05, 0) is 52.1 Å². The molecule has 100 valence electrons. The summed E-state index contributed by atoms with van der Waals surface area (Å²) in [5.74, 6) is 0.927. The quantitative estimate of drug-likeness (QED) is 0.815. The third-order valence-electron chi connectivity index (χ3n) is 5.14. The molecule has 2 N–H and O–H groups in total. The topological polar surface area (TPSA) is 29.3 Å². The lowest BCUT2D eigenvalue weighted by Crippen LogP contribution is -2.57. The highest BCUT2D eigenvalue weighted by Gasteiger charge is 2.35. The van der Waals surface area contributed by atoms with Crippen LogP contribution < -0.4 is 5.73 Å². The van der Waals surface area contributed by atoms with Gasteiger partial charge in [-0.3, -0.25) is 4.90 Å². The van der Waals surface area contributed by atoms with Crippen molar-refractivity contribution in [2.45, 2.75) is 76.8 Å². The number of hydrogen-bond donors (Lipinski definition) is 1. The van der Waals surface area contributed by atoms with Crippen molar-refractivity contribution in [3.63, 3.8) is 0 Å². The van der Waals surface area contributed by atoms with Gasteiger partial charge in [0.1, 0.15) is 0 Å². The van der Waals surface area contributed by atoms with E-state index in [1.807, 2.05) is 0 Å². The third-order valence-corrected chi connectivity index (χ3v) is 5.14. The zero-order chi connectivity index (χ0) is 12.3. The summed E-state index contributed by atoms with van der Waals surface area (Å²) >= 11 is 0. The molecule has 1 atom stereocenters. The lowest BCUT2D eigenvalue weighted by atomic mass is 9.76. The predicted molar refractivity (Wildman–Crippen MR) is 74.1 cm³/mol. The number of hydrogen-bond acceptors (Lipinski definition) is 2. The first-order chi connectivity index (χ1) is 8.10. The van der Waals surface area contributed by atoms with Crippen molar-refractivity contribution in [3.05, 3.63) is 0 Å². The molecule has 0 aromatic heterocycles. The Kier molecular flexibility index (Phi) is 4.48. The SMILES string of the molecule is CC(C)(C(N)CC1CCC1)N1CCCCCC1. The van der Waals surface area contributed by atoms with Gasteiger partial charge in [-0.25, -0.2) is 0 Å². The second-order valence-corrected chi connectivity index (χ2v) is 6.69. The fraction of sp³-hybridized carbons (Fsp3) is 1.00. The fourth-order valence-electron chi connectivity index (χ4n) is 3.26. The number of nitrogens with two attached hydrogens (primary N) is 1. The minimum absolute atomic E-state index is 0.194. The van der Waals surface area contributed by atoms with Gasteiger partial charge in [0.15, 0.2) is 0 Å². The Balaban J connectivity index is 1.89. The molecule has 2 rings (SSSR count). The van der Waals surface area contributed by atoms with Gasteiger partial charge >= 0.3 is 0 Å². The highest BCUT2D eigenvalue weighted by atomic mass is 15.2. The van der Waals surface area contributed by atoms with Crippen LogP contribution in [0.4, 0.5) is 0 Å². The Morgan fingerprint density at radius 1 is 1.06 bits per heavy atom. The number of likely N-dealkylation sites (tertiary alicyclic amines) is 1. The molecular weight excluding hydrogens is 208 g/mol. The molecule has 1 aliphatic carbocycles. The molecule has 0 aromatic rings. The van der Waals surface area contributed by atoms with Gasteiger partial charge in [-0.1, -0.05) is 32.1 Å². The van der Waals surface area contributed by atoms with E-state index in [1.165, 1.54) is 64.5 Å². The maximum absolute atomic E-state index is 6.50. The van der Waals surface area contributed by atoms with Crippen molar-refractivity contribution >= 4 is 0 Å². The van der Waals surface area contributed by atoms with Crippen molar-refractivity contribution in [2.24, 2.45) is 11.7 Å². The predicted octanol–water partition coefficient (Wildman–Crippen LogP) is 3.16. The van der Waals surface area contributed by atoms with E-state index in [4.69, 9.17) is 5.73 Å². The standard InChI is InChI=1S/C15H30N2/c1-15(2,14(16)12-13-8-7-9-13)17-10-5-3-4-6-11-17/h13-14H,3-12,16H2,1-2H3. The zero-order valence-corrected chi connectivity index (χ0v) is 11.8. The molecule has 1 saturated heterocycles. The Morgan fingerprint density at radius 2 is 1.65 bits per heavy atom. The Labute approximate surface area is 107 Å². The number of nitrogens with zero attached hydrogens (tertiary/aromatic N) is 1. The average Bonchev–Trinajstić information content (AvgIpc) is 2.51. The van der Waals surface area contributed by atoms with Crippen LogP contribution in [0.5, 0.6) is 0 Å². The largest absolute Gasteiger partial charge is 0.326 e. The van der Waals surface area contributed by atoms with Crippen LogP contribution in [-0.4, -0.2) is 29.6 Å².